The van der Waals surface area contributed by atoms with E-state index in [2.05, 4.69) is 11.8 Å². The van der Waals surface area contributed by atoms with Crippen molar-refractivity contribution in [2.45, 2.75) is 58.0 Å². The lowest BCUT2D eigenvalue weighted by atomic mass is 9.78. The number of nitrogens with two attached hydrogens (primary N) is 1. The van der Waals surface area contributed by atoms with Crippen molar-refractivity contribution >= 4 is 5.97 Å². The number of carbonyl (C=O) groups excluding carboxylic acids is 1. The van der Waals surface area contributed by atoms with Crippen LogP contribution in [-0.2, 0) is 9.53 Å². The van der Waals surface area contributed by atoms with Gasteiger partial charge in [0.2, 0.25) is 0 Å². The van der Waals surface area contributed by atoms with E-state index >= 15 is 0 Å². The summed E-state index contributed by atoms with van der Waals surface area (Å²) in [5.41, 5.74) is 6.17. The molecule has 0 spiro atoms. The molecule has 4 heteroatoms. The van der Waals surface area contributed by atoms with E-state index in [0.717, 1.165) is 37.9 Å². The topological polar surface area (TPSA) is 55.6 Å². The van der Waals surface area contributed by atoms with Crippen molar-refractivity contribution < 1.29 is 9.53 Å². The summed E-state index contributed by atoms with van der Waals surface area (Å²) in [5, 5.41) is 0. The van der Waals surface area contributed by atoms with Crippen LogP contribution in [0.15, 0.2) is 0 Å². The minimum atomic E-state index is -0.0644. The number of rotatable bonds is 5. The third-order valence-electron chi connectivity index (χ3n) is 4.53. The summed E-state index contributed by atoms with van der Waals surface area (Å²) >= 11 is 0. The van der Waals surface area contributed by atoms with Gasteiger partial charge in [-0.3, -0.25) is 9.69 Å². The van der Waals surface area contributed by atoms with E-state index in [-0.39, 0.29) is 12.0 Å². The van der Waals surface area contributed by atoms with E-state index < -0.39 is 0 Å². The highest BCUT2D eigenvalue weighted by Crippen LogP contribution is 2.34. The molecule has 110 valence electrons. The fourth-order valence-electron chi connectivity index (χ4n) is 3.51. The first-order valence-corrected chi connectivity index (χ1v) is 7.73. The molecule has 19 heavy (non-hydrogen) atoms. The lowest BCUT2D eigenvalue weighted by Gasteiger charge is -2.47. The first-order chi connectivity index (χ1) is 9.08. The molecule has 2 rings (SSSR count). The second kappa shape index (κ2) is 6.71. The molecule has 1 saturated heterocycles. The van der Waals surface area contributed by atoms with Crippen LogP contribution in [0.5, 0.6) is 0 Å². The molecule has 2 atom stereocenters. The minimum absolute atomic E-state index is 0.0644. The summed E-state index contributed by atoms with van der Waals surface area (Å²) in [4.78, 5) is 14.0. The molecule has 1 aliphatic heterocycles. The molecular formula is C15H28N2O2. The summed E-state index contributed by atoms with van der Waals surface area (Å²) < 4.78 is 5.00. The van der Waals surface area contributed by atoms with Crippen molar-refractivity contribution in [2.75, 3.05) is 19.7 Å². The van der Waals surface area contributed by atoms with E-state index in [0.29, 0.717) is 18.9 Å². The van der Waals surface area contributed by atoms with Crippen LogP contribution in [0.25, 0.3) is 0 Å². The average Bonchev–Trinajstić information content (AvgIpc) is 2.32. The molecule has 1 heterocycles. The van der Waals surface area contributed by atoms with Crippen LogP contribution in [-0.4, -0.2) is 42.6 Å². The van der Waals surface area contributed by atoms with Gasteiger partial charge in [-0.1, -0.05) is 6.92 Å². The van der Waals surface area contributed by atoms with Gasteiger partial charge in [0.05, 0.1) is 6.61 Å². The summed E-state index contributed by atoms with van der Waals surface area (Å²) in [6.07, 6.45) is 5.15. The van der Waals surface area contributed by atoms with E-state index in [9.17, 15) is 4.79 Å². The largest absolute Gasteiger partial charge is 0.466 e. The molecule has 0 bridgehead atoms. The molecule has 0 aromatic carbocycles. The summed E-state index contributed by atoms with van der Waals surface area (Å²) in [5.74, 6) is 1.37. The van der Waals surface area contributed by atoms with Gasteiger partial charge in [0.15, 0.2) is 0 Å². The molecular weight excluding hydrogens is 240 g/mol. The zero-order chi connectivity index (χ0) is 13.8. The lowest BCUT2D eigenvalue weighted by molar-refractivity contribution is -0.143. The van der Waals surface area contributed by atoms with Gasteiger partial charge in [-0.2, -0.15) is 0 Å². The van der Waals surface area contributed by atoms with Crippen molar-refractivity contribution in [3.05, 3.63) is 0 Å². The Bertz CT molecular complexity index is 303. The third kappa shape index (κ3) is 4.18. The number of carbonyl (C=O) groups is 1. The molecule has 2 aliphatic rings. The maximum Gasteiger partial charge on any atom is 0.305 e. The lowest BCUT2D eigenvalue weighted by Crippen LogP contribution is -2.54. The van der Waals surface area contributed by atoms with Crippen LogP contribution in [0.3, 0.4) is 0 Å². The Kier molecular flexibility index (Phi) is 5.22. The van der Waals surface area contributed by atoms with Gasteiger partial charge in [-0.25, -0.2) is 0 Å². The molecule has 0 radical (unpaired) electrons. The second-order valence-electron chi connectivity index (χ2n) is 6.39. The van der Waals surface area contributed by atoms with Gasteiger partial charge in [-0.15, -0.1) is 0 Å². The van der Waals surface area contributed by atoms with Gasteiger partial charge in [0, 0.05) is 31.6 Å². The highest BCUT2D eigenvalue weighted by Gasteiger charge is 2.35. The number of likely N-dealkylation sites (tertiary alicyclic amines) is 1. The Morgan fingerprint density at radius 3 is 2.68 bits per heavy atom. The standard InChI is InChI=1S/C15H28N2O2/c1-3-19-15(18)5-4-12-8-13(16)10-17(9-12)14-6-11(2)7-14/h11-14H,3-10,16H2,1-2H3. The van der Waals surface area contributed by atoms with Gasteiger partial charge in [0.1, 0.15) is 0 Å². The summed E-state index contributed by atoms with van der Waals surface area (Å²) in [6, 6.07) is 1.02. The van der Waals surface area contributed by atoms with Crippen LogP contribution in [0.2, 0.25) is 0 Å². The molecule has 1 saturated carbocycles. The van der Waals surface area contributed by atoms with Crippen LogP contribution >= 0.6 is 0 Å². The highest BCUT2D eigenvalue weighted by atomic mass is 16.5. The first-order valence-electron chi connectivity index (χ1n) is 7.73. The van der Waals surface area contributed by atoms with E-state index in [4.69, 9.17) is 10.5 Å². The van der Waals surface area contributed by atoms with Crippen molar-refractivity contribution in [1.29, 1.82) is 0 Å². The Labute approximate surface area is 116 Å². The van der Waals surface area contributed by atoms with Gasteiger partial charge in [0.25, 0.3) is 0 Å². The first kappa shape index (κ1) is 14.8. The molecule has 2 unspecified atom stereocenters. The van der Waals surface area contributed by atoms with Gasteiger partial charge in [-0.05, 0) is 44.4 Å². The van der Waals surface area contributed by atoms with Crippen molar-refractivity contribution in [1.82, 2.24) is 4.90 Å². The molecule has 0 amide bonds. The Morgan fingerprint density at radius 2 is 2.05 bits per heavy atom. The Morgan fingerprint density at radius 1 is 1.32 bits per heavy atom. The number of nitrogens with zero attached hydrogens (tertiary/aromatic N) is 1. The average molecular weight is 268 g/mol. The normalized spacial score (nSPS) is 35.7. The molecule has 2 fully saturated rings. The number of hydrogen-bond acceptors (Lipinski definition) is 4. The van der Waals surface area contributed by atoms with E-state index in [1.54, 1.807) is 0 Å². The summed E-state index contributed by atoms with van der Waals surface area (Å²) in [7, 11) is 0. The quantitative estimate of drug-likeness (QED) is 0.772. The third-order valence-corrected chi connectivity index (χ3v) is 4.53. The maximum absolute atomic E-state index is 11.4. The monoisotopic (exact) mass is 268 g/mol. The van der Waals surface area contributed by atoms with Crippen LogP contribution in [0.1, 0.15) is 46.0 Å². The number of esters is 1. The fraction of sp³-hybridized carbons (Fsp3) is 0.933. The number of ether oxygens (including phenoxy) is 1. The SMILES string of the molecule is CCOC(=O)CCC1CC(N)CN(C2CC(C)C2)C1. The predicted molar refractivity (Wildman–Crippen MR) is 75.7 cm³/mol. The Balaban J connectivity index is 1.76. The van der Waals surface area contributed by atoms with Crippen molar-refractivity contribution in [3.8, 4) is 0 Å². The van der Waals surface area contributed by atoms with E-state index in [1.165, 1.54) is 12.8 Å². The van der Waals surface area contributed by atoms with Crippen LogP contribution in [0.4, 0.5) is 0 Å². The maximum atomic E-state index is 11.4. The van der Waals surface area contributed by atoms with Gasteiger partial charge >= 0.3 is 5.97 Å². The predicted octanol–water partition coefficient (Wildman–Crippen LogP) is 1.78. The number of piperidine rings is 1. The number of hydrogen-bond donors (Lipinski definition) is 1. The van der Waals surface area contributed by atoms with Crippen LogP contribution < -0.4 is 5.73 Å². The molecule has 4 nitrogen and oxygen atoms in total. The van der Waals surface area contributed by atoms with Crippen molar-refractivity contribution in [3.63, 3.8) is 0 Å². The van der Waals surface area contributed by atoms with Crippen molar-refractivity contribution in [2.24, 2.45) is 17.6 Å². The summed E-state index contributed by atoms with van der Waals surface area (Å²) in [6.45, 7) is 6.80. The Hall–Kier alpha value is -0.610. The smallest absolute Gasteiger partial charge is 0.305 e. The zero-order valence-corrected chi connectivity index (χ0v) is 12.3. The minimum Gasteiger partial charge on any atom is -0.466 e. The van der Waals surface area contributed by atoms with E-state index in [1.807, 2.05) is 6.92 Å². The molecule has 0 aromatic heterocycles. The second-order valence-corrected chi connectivity index (χ2v) is 6.39. The molecule has 2 N–H and O–H groups in total. The molecule has 0 aromatic rings. The van der Waals surface area contributed by atoms with Crippen LogP contribution in [0, 0.1) is 11.8 Å². The fourth-order valence-corrected chi connectivity index (χ4v) is 3.51. The van der Waals surface area contributed by atoms with Gasteiger partial charge < -0.3 is 10.5 Å². The molecule has 1 aliphatic carbocycles. The highest BCUT2D eigenvalue weighted by molar-refractivity contribution is 5.69. The zero-order valence-electron chi connectivity index (χ0n) is 12.3.